The van der Waals surface area contributed by atoms with Crippen molar-refractivity contribution in [3.05, 3.63) is 58.7 Å². The van der Waals surface area contributed by atoms with Crippen molar-refractivity contribution in [3.63, 3.8) is 0 Å². The minimum absolute atomic E-state index is 0.0863. The summed E-state index contributed by atoms with van der Waals surface area (Å²) in [7, 11) is -1.91. The van der Waals surface area contributed by atoms with E-state index in [0.29, 0.717) is 11.1 Å². The molecule has 11 heteroatoms. The van der Waals surface area contributed by atoms with Crippen LogP contribution in [-0.2, 0) is 41.6 Å². The molecule has 0 unspecified atom stereocenters. The zero-order chi connectivity index (χ0) is 20.7. The van der Waals surface area contributed by atoms with E-state index in [4.69, 9.17) is 20.2 Å². The third kappa shape index (κ3) is 4.18. The van der Waals surface area contributed by atoms with Gasteiger partial charge in [0.25, 0.3) is 9.05 Å². The van der Waals surface area contributed by atoms with Crippen molar-refractivity contribution in [2.45, 2.75) is 23.0 Å². The second-order valence-corrected chi connectivity index (χ2v) is 10.6. The highest BCUT2D eigenvalue weighted by atomic mass is 35.7. The van der Waals surface area contributed by atoms with Gasteiger partial charge >= 0.3 is 11.9 Å². The van der Waals surface area contributed by atoms with Gasteiger partial charge in [-0.25, -0.2) is 26.4 Å². The lowest BCUT2D eigenvalue weighted by Crippen LogP contribution is -2.00. The summed E-state index contributed by atoms with van der Waals surface area (Å²) >= 11 is 0. The molecule has 0 fully saturated rings. The molecule has 0 saturated heterocycles. The molecule has 0 bridgehead atoms. The molecule has 0 amide bonds. The third-order valence-electron chi connectivity index (χ3n) is 4.03. The fourth-order valence-corrected chi connectivity index (χ4v) is 3.99. The molecule has 2 aromatic rings. The number of esters is 2. The summed E-state index contributed by atoms with van der Waals surface area (Å²) in [5, 5.41) is 0. The summed E-state index contributed by atoms with van der Waals surface area (Å²) in [6.07, 6.45) is 1.11. The Morgan fingerprint density at radius 3 is 1.64 bits per heavy atom. The molecular weight excluding hydrogens is 432 g/mol. The fourth-order valence-electron chi connectivity index (χ4n) is 2.57. The summed E-state index contributed by atoms with van der Waals surface area (Å²) in [4.78, 5) is 22.3. The lowest BCUT2D eigenvalue weighted by molar-refractivity contribution is 0.0526. The Balaban J connectivity index is 0.000000161. The van der Waals surface area contributed by atoms with Crippen molar-refractivity contribution in [2.75, 3.05) is 6.26 Å². The van der Waals surface area contributed by atoms with Crippen molar-refractivity contribution >= 4 is 41.5 Å². The maximum absolute atomic E-state index is 11.2. The van der Waals surface area contributed by atoms with Gasteiger partial charge in [0.15, 0.2) is 9.84 Å². The quantitative estimate of drug-likeness (QED) is 0.509. The van der Waals surface area contributed by atoms with Gasteiger partial charge in [0.05, 0.1) is 20.9 Å². The predicted octanol–water partition coefficient (Wildman–Crippen LogP) is 2.05. The summed E-state index contributed by atoms with van der Waals surface area (Å²) < 4.78 is 53.8. The number of hydrogen-bond acceptors (Lipinski definition) is 8. The first-order valence-corrected chi connectivity index (χ1v) is 11.9. The Morgan fingerprint density at radius 2 is 1.21 bits per heavy atom. The van der Waals surface area contributed by atoms with Crippen LogP contribution >= 0.6 is 10.7 Å². The normalized spacial score (nSPS) is 15.1. The number of rotatable bonds is 2. The standard InChI is InChI=1S/C9H8O4S.C8H5ClO4S/c1-14(11,12)7-3-2-6-5-13-9(10)8(6)4-7;9-14(11,12)6-2-1-5-4-13-8(10)7(5)3-6/h2-4H,5H2,1H3;1-3H,4H2. The average molecular weight is 445 g/mol. The smallest absolute Gasteiger partial charge is 0.338 e. The first-order chi connectivity index (χ1) is 13.0. The van der Waals surface area contributed by atoms with Crippen molar-refractivity contribution < 1.29 is 35.9 Å². The van der Waals surface area contributed by atoms with Gasteiger partial charge in [-0.15, -0.1) is 0 Å². The minimum Gasteiger partial charge on any atom is -0.457 e. The summed E-state index contributed by atoms with van der Waals surface area (Å²) in [6, 6.07) is 8.55. The molecule has 2 aliphatic heterocycles. The van der Waals surface area contributed by atoms with Crippen LogP contribution in [0.3, 0.4) is 0 Å². The van der Waals surface area contributed by atoms with Gasteiger partial charge in [-0.3, -0.25) is 0 Å². The lowest BCUT2D eigenvalue weighted by atomic mass is 10.1. The maximum Gasteiger partial charge on any atom is 0.338 e. The summed E-state index contributed by atoms with van der Waals surface area (Å²) in [5.74, 6) is -0.965. The lowest BCUT2D eigenvalue weighted by Gasteiger charge is -1.99. The number of benzene rings is 2. The van der Waals surface area contributed by atoms with E-state index < -0.39 is 30.8 Å². The van der Waals surface area contributed by atoms with Crippen LogP contribution in [0.4, 0.5) is 0 Å². The van der Waals surface area contributed by atoms with Gasteiger partial charge < -0.3 is 9.47 Å². The first kappa shape index (κ1) is 20.3. The highest BCUT2D eigenvalue weighted by Crippen LogP contribution is 2.25. The Kier molecular flexibility index (Phi) is 5.22. The molecule has 28 heavy (non-hydrogen) atoms. The van der Waals surface area contributed by atoms with Crippen molar-refractivity contribution in [1.82, 2.24) is 0 Å². The maximum atomic E-state index is 11.2. The van der Waals surface area contributed by atoms with E-state index in [-0.39, 0.29) is 28.6 Å². The zero-order valence-corrected chi connectivity index (χ0v) is 16.7. The Morgan fingerprint density at radius 1 is 0.786 bits per heavy atom. The largest absolute Gasteiger partial charge is 0.457 e. The van der Waals surface area contributed by atoms with Crippen LogP contribution in [0.5, 0.6) is 0 Å². The molecule has 0 spiro atoms. The molecule has 2 heterocycles. The van der Waals surface area contributed by atoms with Crippen LogP contribution in [-0.4, -0.2) is 35.0 Å². The van der Waals surface area contributed by atoms with E-state index in [9.17, 15) is 26.4 Å². The van der Waals surface area contributed by atoms with Gasteiger partial charge in [0.1, 0.15) is 13.2 Å². The number of sulfone groups is 1. The van der Waals surface area contributed by atoms with Gasteiger partial charge in [0.2, 0.25) is 0 Å². The number of ether oxygens (including phenoxy) is 2. The summed E-state index contributed by atoms with van der Waals surface area (Å²) in [6.45, 7) is 0.426. The third-order valence-corrected chi connectivity index (χ3v) is 6.49. The number of carbonyl (C=O) groups excluding carboxylic acids is 2. The van der Waals surface area contributed by atoms with Crippen LogP contribution in [0.2, 0.25) is 0 Å². The van der Waals surface area contributed by atoms with E-state index >= 15 is 0 Å². The van der Waals surface area contributed by atoms with Crippen LogP contribution in [0, 0.1) is 0 Å². The Labute approximate surface area is 165 Å². The average Bonchev–Trinajstić information content (AvgIpc) is 3.17. The van der Waals surface area contributed by atoms with Gasteiger partial charge in [-0.05, 0) is 24.3 Å². The van der Waals surface area contributed by atoms with Crippen LogP contribution < -0.4 is 0 Å². The van der Waals surface area contributed by atoms with E-state index in [1.807, 2.05) is 0 Å². The van der Waals surface area contributed by atoms with Gasteiger partial charge in [-0.1, -0.05) is 12.1 Å². The molecule has 0 aliphatic carbocycles. The molecule has 0 radical (unpaired) electrons. The molecule has 148 valence electrons. The second-order valence-electron chi connectivity index (χ2n) is 6.00. The van der Waals surface area contributed by atoms with E-state index in [2.05, 4.69) is 0 Å². The molecule has 8 nitrogen and oxygen atoms in total. The number of halogens is 1. The van der Waals surface area contributed by atoms with E-state index in [1.165, 1.54) is 30.3 Å². The zero-order valence-electron chi connectivity index (χ0n) is 14.3. The molecule has 0 atom stereocenters. The van der Waals surface area contributed by atoms with Crippen LogP contribution in [0.25, 0.3) is 0 Å². The van der Waals surface area contributed by atoms with Crippen LogP contribution in [0.15, 0.2) is 46.2 Å². The van der Waals surface area contributed by atoms with Crippen molar-refractivity contribution in [3.8, 4) is 0 Å². The number of cyclic esters (lactones) is 2. The van der Waals surface area contributed by atoms with Crippen molar-refractivity contribution in [1.29, 1.82) is 0 Å². The molecule has 4 rings (SSSR count). The number of fused-ring (bicyclic) bond motifs is 2. The van der Waals surface area contributed by atoms with E-state index in [1.54, 1.807) is 6.07 Å². The fraction of sp³-hybridized carbons (Fsp3) is 0.176. The molecule has 0 aromatic heterocycles. The van der Waals surface area contributed by atoms with Crippen LogP contribution in [0.1, 0.15) is 31.8 Å². The summed E-state index contributed by atoms with van der Waals surface area (Å²) in [5.41, 5.74) is 2.04. The topological polar surface area (TPSA) is 121 Å². The molecule has 0 N–H and O–H groups in total. The highest BCUT2D eigenvalue weighted by molar-refractivity contribution is 8.13. The Bertz CT molecular complexity index is 1100. The van der Waals surface area contributed by atoms with Crippen molar-refractivity contribution in [2.24, 2.45) is 0 Å². The van der Waals surface area contributed by atoms with Gasteiger partial charge in [0, 0.05) is 28.1 Å². The van der Waals surface area contributed by atoms with Gasteiger partial charge in [-0.2, -0.15) is 0 Å². The van der Waals surface area contributed by atoms with E-state index in [0.717, 1.165) is 11.8 Å². The monoisotopic (exact) mass is 444 g/mol. The predicted molar refractivity (Wildman–Crippen MR) is 97.3 cm³/mol. The molecule has 0 saturated carbocycles. The number of carbonyl (C=O) groups is 2. The molecule has 2 aromatic carbocycles. The highest BCUT2D eigenvalue weighted by Gasteiger charge is 2.24. The SMILES string of the molecule is CS(=O)(=O)c1ccc2c(c1)C(=O)OC2.O=C1OCc2ccc(S(=O)(=O)Cl)cc21. The molecule has 2 aliphatic rings. The first-order valence-electron chi connectivity index (χ1n) is 7.71. The minimum atomic E-state index is -3.78. The Hall–Kier alpha value is -2.43. The second kappa shape index (κ2) is 7.19. The number of hydrogen-bond donors (Lipinski definition) is 0. The molecular formula is C17H13ClO8S2.